The van der Waals surface area contributed by atoms with E-state index in [4.69, 9.17) is 23.7 Å². The normalized spacial score (nSPS) is 40.1. The van der Waals surface area contributed by atoms with Gasteiger partial charge in [0, 0.05) is 0 Å². The summed E-state index contributed by atoms with van der Waals surface area (Å²) in [6.45, 7) is 14.6. The minimum atomic E-state index is -0.739. The first-order valence-corrected chi connectivity index (χ1v) is 10.3. The van der Waals surface area contributed by atoms with Crippen LogP contribution in [0, 0.1) is 17.3 Å². The Labute approximate surface area is 163 Å². The molecule has 5 atom stereocenters. The summed E-state index contributed by atoms with van der Waals surface area (Å²) in [6.07, 6.45) is 1.95. The van der Waals surface area contributed by atoms with Gasteiger partial charge in [-0.15, -0.1) is 0 Å². The second kappa shape index (κ2) is 7.29. The van der Waals surface area contributed by atoms with E-state index in [1.807, 2.05) is 27.7 Å². The van der Waals surface area contributed by atoms with Gasteiger partial charge in [-0.25, -0.2) is 0 Å². The van der Waals surface area contributed by atoms with Crippen molar-refractivity contribution < 1.29 is 28.5 Å². The Morgan fingerprint density at radius 3 is 2.30 bits per heavy atom. The van der Waals surface area contributed by atoms with Crippen molar-refractivity contribution in [3.63, 3.8) is 0 Å². The molecule has 0 spiro atoms. The molecule has 3 aliphatic rings. The van der Waals surface area contributed by atoms with Gasteiger partial charge < -0.3 is 23.7 Å². The zero-order chi connectivity index (χ0) is 20.0. The lowest BCUT2D eigenvalue weighted by molar-refractivity contribution is -0.178. The van der Waals surface area contributed by atoms with E-state index in [1.54, 1.807) is 0 Å². The topological polar surface area (TPSA) is 63.2 Å². The monoisotopic (exact) mass is 384 g/mol. The van der Waals surface area contributed by atoms with Crippen molar-refractivity contribution in [3.05, 3.63) is 0 Å². The molecule has 0 N–H and O–H groups in total. The van der Waals surface area contributed by atoms with Gasteiger partial charge in [-0.3, -0.25) is 4.79 Å². The molecule has 1 saturated carbocycles. The van der Waals surface area contributed by atoms with E-state index in [0.717, 1.165) is 19.3 Å². The first kappa shape index (κ1) is 21.0. The Morgan fingerprint density at radius 1 is 1.11 bits per heavy atom. The summed E-state index contributed by atoms with van der Waals surface area (Å²) in [5, 5.41) is 0. The molecule has 2 aliphatic heterocycles. The van der Waals surface area contributed by atoms with E-state index in [2.05, 4.69) is 20.8 Å². The fraction of sp³-hybridized carbons (Fsp3) is 0.952. The highest BCUT2D eigenvalue weighted by Crippen LogP contribution is 2.51. The van der Waals surface area contributed by atoms with Gasteiger partial charge in [0.1, 0.15) is 24.9 Å². The quantitative estimate of drug-likeness (QED) is 0.651. The largest absolute Gasteiger partial charge is 0.462 e. The van der Waals surface area contributed by atoms with Gasteiger partial charge in [0.25, 0.3) is 0 Å². The predicted octanol–water partition coefficient (Wildman–Crippen LogP) is 3.66. The molecule has 0 aromatic rings. The first-order chi connectivity index (χ1) is 12.4. The average molecular weight is 385 g/mol. The number of rotatable bonds is 6. The van der Waals surface area contributed by atoms with E-state index < -0.39 is 11.6 Å². The van der Waals surface area contributed by atoms with Crippen LogP contribution in [0.1, 0.15) is 67.7 Å². The minimum absolute atomic E-state index is 0.0917. The Morgan fingerprint density at radius 2 is 1.81 bits per heavy atom. The van der Waals surface area contributed by atoms with Crippen LogP contribution in [-0.2, 0) is 28.5 Å². The molecule has 5 unspecified atom stereocenters. The van der Waals surface area contributed by atoms with Crippen LogP contribution >= 0.6 is 0 Å². The third-order valence-electron chi connectivity index (χ3n) is 6.14. The molecule has 6 heteroatoms. The van der Waals surface area contributed by atoms with Crippen LogP contribution in [0.15, 0.2) is 0 Å². The summed E-state index contributed by atoms with van der Waals surface area (Å²) in [6, 6.07) is 0. The Bertz CT molecular complexity index is 557. The molecule has 3 fully saturated rings. The van der Waals surface area contributed by atoms with E-state index in [1.165, 1.54) is 0 Å². The molecule has 0 amide bonds. The molecular weight excluding hydrogens is 348 g/mol. The van der Waals surface area contributed by atoms with Gasteiger partial charge in [-0.1, -0.05) is 20.8 Å². The van der Waals surface area contributed by atoms with Crippen molar-refractivity contribution in [2.45, 2.75) is 97.6 Å². The second-order valence-electron chi connectivity index (χ2n) is 9.80. The summed E-state index contributed by atoms with van der Waals surface area (Å²) < 4.78 is 29.5. The van der Waals surface area contributed by atoms with E-state index in [-0.39, 0.29) is 36.3 Å². The van der Waals surface area contributed by atoms with Crippen molar-refractivity contribution in [1.29, 1.82) is 0 Å². The van der Waals surface area contributed by atoms with E-state index in [0.29, 0.717) is 18.4 Å². The van der Waals surface area contributed by atoms with Gasteiger partial charge in [0.15, 0.2) is 11.6 Å². The highest BCUT2D eigenvalue weighted by atomic mass is 16.8. The predicted molar refractivity (Wildman–Crippen MR) is 100.0 cm³/mol. The molecule has 6 nitrogen and oxygen atoms in total. The molecule has 3 rings (SSSR count). The molecule has 0 radical (unpaired) electrons. The SMILES string of the molecule is CC(C)CC1(C(=O)OCC2OC(C)(C)OC2C2COC(C)(C)O2)CCC1C. The van der Waals surface area contributed by atoms with Crippen LogP contribution in [0.4, 0.5) is 0 Å². The maximum absolute atomic E-state index is 13.0. The Kier molecular flexibility index (Phi) is 5.67. The molecule has 1 aliphatic carbocycles. The molecule has 2 saturated heterocycles. The molecule has 0 aromatic heterocycles. The lowest BCUT2D eigenvalue weighted by atomic mass is 9.57. The van der Waals surface area contributed by atoms with Crippen molar-refractivity contribution in [2.75, 3.05) is 13.2 Å². The van der Waals surface area contributed by atoms with Gasteiger partial charge in [0.2, 0.25) is 0 Å². The van der Waals surface area contributed by atoms with Crippen LogP contribution < -0.4 is 0 Å². The Balaban J connectivity index is 1.64. The third-order valence-corrected chi connectivity index (χ3v) is 6.14. The number of hydrogen-bond donors (Lipinski definition) is 0. The standard InChI is InChI=1S/C21H36O6/c1-13(2)10-21(9-8-14(21)3)18(22)23-11-15-17(27-20(6,7)26-15)16-12-24-19(4,5)25-16/h13-17H,8-12H2,1-7H3. The number of carbonyl (C=O) groups is 1. The van der Waals surface area contributed by atoms with Gasteiger partial charge in [-0.2, -0.15) is 0 Å². The zero-order valence-electron chi connectivity index (χ0n) is 17.9. The number of hydrogen-bond acceptors (Lipinski definition) is 6. The Hall–Kier alpha value is -0.690. The van der Waals surface area contributed by atoms with Crippen LogP contribution in [-0.4, -0.2) is 49.1 Å². The average Bonchev–Trinajstić information content (AvgIpc) is 3.06. The van der Waals surface area contributed by atoms with Crippen molar-refractivity contribution in [3.8, 4) is 0 Å². The smallest absolute Gasteiger partial charge is 0.312 e. The minimum Gasteiger partial charge on any atom is -0.462 e. The summed E-state index contributed by atoms with van der Waals surface area (Å²) in [7, 11) is 0. The fourth-order valence-electron chi connectivity index (χ4n) is 4.69. The lowest BCUT2D eigenvalue weighted by Gasteiger charge is -2.46. The number of carbonyl (C=O) groups excluding carboxylic acids is 1. The van der Waals surface area contributed by atoms with Crippen LogP contribution in [0.5, 0.6) is 0 Å². The van der Waals surface area contributed by atoms with Crippen molar-refractivity contribution in [1.82, 2.24) is 0 Å². The highest BCUT2D eigenvalue weighted by Gasteiger charge is 2.53. The van der Waals surface area contributed by atoms with Crippen molar-refractivity contribution >= 4 is 5.97 Å². The summed E-state index contributed by atoms with van der Waals surface area (Å²) in [5.74, 6) is -0.634. The molecular formula is C21H36O6. The van der Waals surface area contributed by atoms with Crippen LogP contribution in [0.2, 0.25) is 0 Å². The second-order valence-corrected chi connectivity index (χ2v) is 9.80. The molecule has 0 aromatic carbocycles. The van der Waals surface area contributed by atoms with Gasteiger partial charge >= 0.3 is 5.97 Å². The van der Waals surface area contributed by atoms with E-state index >= 15 is 0 Å². The summed E-state index contributed by atoms with van der Waals surface area (Å²) in [5.41, 5.74) is -0.340. The summed E-state index contributed by atoms with van der Waals surface area (Å²) in [4.78, 5) is 13.0. The molecule has 156 valence electrons. The maximum atomic E-state index is 13.0. The molecule has 2 heterocycles. The van der Waals surface area contributed by atoms with Gasteiger partial charge in [0.05, 0.1) is 12.0 Å². The van der Waals surface area contributed by atoms with Crippen LogP contribution in [0.3, 0.4) is 0 Å². The van der Waals surface area contributed by atoms with E-state index in [9.17, 15) is 4.79 Å². The fourth-order valence-corrected chi connectivity index (χ4v) is 4.69. The molecule has 0 bridgehead atoms. The first-order valence-electron chi connectivity index (χ1n) is 10.3. The lowest BCUT2D eigenvalue weighted by Crippen LogP contribution is -2.48. The number of esters is 1. The van der Waals surface area contributed by atoms with Crippen LogP contribution in [0.25, 0.3) is 0 Å². The molecule has 27 heavy (non-hydrogen) atoms. The van der Waals surface area contributed by atoms with Crippen molar-refractivity contribution in [2.24, 2.45) is 17.3 Å². The zero-order valence-corrected chi connectivity index (χ0v) is 17.9. The number of ether oxygens (including phenoxy) is 5. The maximum Gasteiger partial charge on any atom is 0.312 e. The highest BCUT2D eigenvalue weighted by molar-refractivity contribution is 5.78. The summed E-state index contributed by atoms with van der Waals surface area (Å²) >= 11 is 0. The van der Waals surface area contributed by atoms with Gasteiger partial charge in [-0.05, 0) is 58.8 Å². The third kappa shape index (κ3) is 4.34.